The first kappa shape index (κ1) is 14.2. The van der Waals surface area contributed by atoms with E-state index in [1.165, 1.54) is 0 Å². The third kappa shape index (κ3) is 3.58. The number of furan rings is 1. The highest BCUT2D eigenvalue weighted by Gasteiger charge is 2.21. The molecule has 0 aromatic carbocycles. The standard InChI is InChI=1S/C11H18Br2N2O/c1-7(2)6-15(3)9(5-14)10-4-8(12)11(13)16-10/h4,7,9H,5-6,14H2,1-3H3. The van der Waals surface area contributed by atoms with Crippen LogP contribution in [0.5, 0.6) is 0 Å². The fourth-order valence-corrected chi connectivity index (χ4v) is 2.35. The predicted octanol–water partition coefficient (Wildman–Crippen LogP) is 3.39. The summed E-state index contributed by atoms with van der Waals surface area (Å²) >= 11 is 6.75. The van der Waals surface area contributed by atoms with E-state index < -0.39 is 0 Å². The Balaban J connectivity index is 2.81. The molecule has 3 nitrogen and oxygen atoms in total. The lowest BCUT2D eigenvalue weighted by molar-refractivity contribution is 0.198. The van der Waals surface area contributed by atoms with Crippen molar-refractivity contribution in [2.75, 3.05) is 20.1 Å². The Bertz CT molecular complexity index is 319. The molecule has 1 unspecified atom stereocenters. The highest BCUT2D eigenvalue weighted by Crippen LogP contribution is 2.31. The third-order valence-electron chi connectivity index (χ3n) is 2.40. The zero-order valence-electron chi connectivity index (χ0n) is 9.84. The highest BCUT2D eigenvalue weighted by molar-refractivity contribution is 9.13. The molecule has 1 rings (SSSR count). The summed E-state index contributed by atoms with van der Waals surface area (Å²) < 4.78 is 7.27. The van der Waals surface area contributed by atoms with Crippen LogP contribution in [0.2, 0.25) is 0 Å². The Morgan fingerprint density at radius 3 is 2.44 bits per heavy atom. The molecule has 0 aliphatic heterocycles. The summed E-state index contributed by atoms with van der Waals surface area (Å²) in [5.41, 5.74) is 5.81. The van der Waals surface area contributed by atoms with E-state index in [1.54, 1.807) is 0 Å². The molecule has 16 heavy (non-hydrogen) atoms. The van der Waals surface area contributed by atoms with Crippen LogP contribution in [0.4, 0.5) is 0 Å². The summed E-state index contributed by atoms with van der Waals surface area (Å²) in [6.45, 7) is 5.93. The van der Waals surface area contributed by atoms with Crippen LogP contribution in [0, 0.1) is 5.92 Å². The minimum absolute atomic E-state index is 0.130. The molecule has 0 fully saturated rings. The fraction of sp³-hybridized carbons (Fsp3) is 0.636. The van der Waals surface area contributed by atoms with Crippen molar-refractivity contribution in [1.82, 2.24) is 4.90 Å². The van der Waals surface area contributed by atoms with Crippen molar-refractivity contribution in [3.63, 3.8) is 0 Å². The zero-order valence-corrected chi connectivity index (χ0v) is 13.0. The van der Waals surface area contributed by atoms with Crippen molar-refractivity contribution < 1.29 is 4.42 Å². The molecule has 1 atom stereocenters. The molecule has 0 bridgehead atoms. The molecule has 0 spiro atoms. The van der Waals surface area contributed by atoms with Crippen LogP contribution in [-0.2, 0) is 0 Å². The number of halogens is 2. The summed E-state index contributed by atoms with van der Waals surface area (Å²) in [6, 6.07) is 2.10. The summed E-state index contributed by atoms with van der Waals surface area (Å²) in [7, 11) is 2.07. The second-order valence-corrected chi connectivity index (χ2v) is 5.93. The number of nitrogens with zero attached hydrogens (tertiary/aromatic N) is 1. The predicted molar refractivity (Wildman–Crippen MR) is 73.4 cm³/mol. The number of hydrogen-bond donors (Lipinski definition) is 1. The van der Waals surface area contributed by atoms with Crippen LogP contribution in [0.3, 0.4) is 0 Å². The van der Waals surface area contributed by atoms with Gasteiger partial charge in [0.15, 0.2) is 4.67 Å². The first-order valence-electron chi connectivity index (χ1n) is 5.30. The second-order valence-electron chi connectivity index (χ2n) is 4.36. The van der Waals surface area contributed by atoms with E-state index in [9.17, 15) is 0 Å². The van der Waals surface area contributed by atoms with Crippen LogP contribution in [0.15, 0.2) is 19.6 Å². The van der Waals surface area contributed by atoms with Crippen molar-refractivity contribution in [1.29, 1.82) is 0 Å². The molecule has 5 heteroatoms. The second kappa shape index (κ2) is 6.19. The number of hydrogen-bond acceptors (Lipinski definition) is 3. The van der Waals surface area contributed by atoms with Gasteiger partial charge in [0.1, 0.15) is 5.76 Å². The average molecular weight is 354 g/mol. The Hall–Kier alpha value is 0.160. The molecule has 0 aliphatic carbocycles. The Morgan fingerprint density at radius 1 is 1.44 bits per heavy atom. The van der Waals surface area contributed by atoms with Gasteiger partial charge in [-0.15, -0.1) is 0 Å². The van der Waals surface area contributed by atoms with Gasteiger partial charge >= 0.3 is 0 Å². The summed E-state index contributed by atoms with van der Waals surface area (Å²) in [4.78, 5) is 2.22. The van der Waals surface area contributed by atoms with E-state index in [-0.39, 0.29) is 6.04 Å². The maximum atomic E-state index is 5.81. The minimum Gasteiger partial charge on any atom is -0.451 e. The first-order chi connectivity index (χ1) is 7.45. The van der Waals surface area contributed by atoms with Crippen molar-refractivity contribution >= 4 is 31.9 Å². The van der Waals surface area contributed by atoms with Gasteiger partial charge in [-0.25, -0.2) is 0 Å². The van der Waals surface area contributed by atoms with Crippen molar-refractivity contribution in [2.24, 2.45) is 11.7 Å². The number of likely N-dealkylation sites (N-methyl/N-ethyl adjacent to an activating group) is 1. The summed E-state index contributed by atoms with van der Waals surface area (Å²) in [6.07, 6.45) is 0. The molecule has 1 heterocycles. The smallest absolute Gasteiger partial charge is 0.183 e. The van der Waals surface area contributed by atoms with Gasteiger partial charge in [0.05, 0.1) is 10.5 Å². The maximum absolute atomic E-state index is 5.81. The van der Waals surface area contributed by atoms with E-state index >= 15 is 0 Å². The van der Waals surface area contributed by atoms with Crippen LogP contribution in [0.1, 0.15) is 25.6 Å². The Kier molecular flexibility index (Phi) is 5.50. The third-order valence-corrected chi connectivity index (χ3v) is 4.11. The number of nitrogens with two attached hydrogens (primary N) is 1. The van der Waals surface area contributed by atoms with E-state index in [0.717, 1.165) is 21.4 Å². The van der Waals surface area contributed by atoms with Crippen LogP contribution < -0.4 is 5.73 Å². The molecule has 1 aromatic rings. The molecule has 1 aromatic heterocycles. The molecule has 2 N–H and O–H groups in total. The SMILES string of the molecule is CC(C)CN(C)C(CN)c1cc(Br)c(Br)o1. The monoisotopic (exact) mass is 352 g/mol. The van der Waals surface area contributed by atoms with Crippen molar-refractivity contribution in [3.8, 4) is 0 Å². The van der Waals surface area contributed by atoms with Gasteiger partial charge in [0.2, 0.25) is 0 Å². The van der Waals surface area contributed by atoms with Crippen molar-refractivity contribution in [3.05, 3.63) is 21.0 Å². The van der Waals surface area contributed by atoms with Gasteiger partial charge in [0, 0.05) is 13.1 Å². The normalized spacial score (nSPS) is 13.8. The zero-order chi connectivity index (χ0) is 12.3. The summed E-state index contributed by atoms with van der Waals surface area (Å²) in [5.74, 6) is 1.50. The van der Waals surface area contributed by atoms with Gasteiger partial charge in [0.25, 0.3) is 0 Å². The van der Waals surface area contributed by atoms with Crippen LogP contribution >= 0.6 is 31.9 Å². The first-order valence-corrected chi connectivity index (χ1v) is 6.89. The molecule has 0 radical (unpaired) electrons. The van der Waals surface area contributed by atoms with E-state index in [4.69, 9.17) is 10.2 Å². The molecule has 0 saturated heterocycles. The van der Waals surface area contributed by atoms with Gasteiger partial charge in [-0.3, -0.25) is 4.90 Å². The quantitative estimate of drug-likeness (QED) is 0.882. The molecular weight excluding hydrogens is 336 g/mol. The topological polar surface area (TPSA) is 42.4 Å². The van der Waals surface area contributed by atoms with E-state index in [2.05, 4.69) is 57.7 Å². The van der Waals surface area contributed by atoms with Gasteiger partial charge in [-0.05, 0) is 50.9 Å². The molecule has 0 aliphatic rings. The fourth-order valence-electron chi connectivity index (χ4n) is 1.74. The van der Waals surface area contributed by atoms with E-state index in [0.29, 0.717) is 12.5 Å². The average Bonchev–Trinajstić information content (AvgIpc) is 2.46. The van der Waals surface area contributed by atoms with Gasteiger partial charge < -0.3 is 10.2 Å². The van der Waals surface area contributed by atoms with Gasteiger partial charge in [-0.2, -0.15) is 0 Å². The van der Waals surface area contributed by atoms with Gasteiger partial charge in [-0.1, -0.05) is 13.8 Å². The highest BCUT2D eigenvalue weighted by atomic mass is 79.9. The molecule has 0 saturated carbocycles. The largest absolute Gasteiger partial charge is 0.451 e. The maximum Gasteiger partial charge on any atom is 0.183 e. The Morgan fingerprint density at radius 2 is 2.06 bits per heavy atom. The van der Waals surface area contributed by atoms with Crippen molar-refractivity contribution in [2.45, 2.75) is 19.9 Å². The molecule has 92 valence electrons. The lowest BCUT2D eigenvalue weighted by atomic mass is 10.1. The minimum atomic E-state index is 0.130. The van der Waals surface area contributed by atoms with E-state index in [1.807, 2.05) is 6.07 Å². The lowest BCUT2D eigenvalue weighted by Crippen LogP contribution is -2.32. The number of rotatable bonds is 5. The van der Waals surface area contributed by atoms with Crippen LogP contribution in [0.25, 0.3) is 0 Å². The van der Waals surface area contributed by atoms with Crippen LogP contribution in [-0.4, -0.2) is 25.0 Å². The molecular formula is C11H18Br2N2O. The Labute approximate surface area is 114 Å². The summed E-state index contributed by atoms with van der Waals surface area (Å²) in [5, 5.41) is 0. The lowest BCUT2D eigenvalue weighted by Gasteiger charge is -2.26. The molecule has 0 amide bonds.